The second-order valence-corrected chi connectivity index (χ2v) is 4.49. The minimum absolute atomic E-state index is 0.675. The van der Waals surface area contributed by atoms with E-state index in [9.17, 15) is 0 Å². The van der Waals surface area contributed by atoms with Crippen LogP contribution in [0.5, 0.6) is 0 Å². The molecule has 2 N–H and O–H groups in total. The van der Waals surface area contributed by atoms with Crippen LogP contribution in [0.1, 0.15) is 5.69 Å². The van der Waals surface area contributed by atoms with E-state index in [0.29, 0.717) is 12.2 Å². The van der Waals surface area contributed by atoms with Crippen LogP contribution in [0.3, 0.4) is 0 Å². The SMILES string of the molecule is CN(Cc1cn2ccccc2n1)c1ccncc1N. The summed E-state index contributed by atoms with van der Waals surface area (Å²) in [5.74, 6) is 0. The summed E-state index contributed by atoms with van der Waals surface area (Å²) in [7, 11) is 2.00. The third-order valence-corrected chi connectivity index (χ3v) is 3.05. The Morgan fingerprint density at radius 1 is 1.32 bits per heavy atom. The number of nitrogen functional groups attached to an aromatic ring is 1. The average Bonchev–Trinajstić information content (AvgIpc) is 2.81. The number of pyridine rings is 2. The molecule has 3 heterocycles. The molecule has 0 radical (unpaired) electrons. The van der Waals surface area contributed by atoms with Gasteiger partial charge in [0.25, 0.3) is 0 Å². The molecule has 0 aliphatic carbocycles. The van der Waals surface area contributed by atoms with Gasteiger partial charge in [0.2, 0.25) is 0 Å². The van der Waals surface area contributed by atoms with Crippen LogP contribution in [0.25, 0.3) is 5.65 Å². The molecule has 3 aromatic rings. The number of aromatic nitrogens is 3. The van der Waals surface area contributed by atoms with E-state index in [-0.39, 0.29) is 0 Å². The van der Waals surface area contributed by atoms with Gasteiger partial charge < -0.3 is 15.0 Å². The van der Waals surface area contributed by atoms with Gasteiger partial charge in [0, 0.05) is 25.6 Å². The van der Waals surface area contributed by atoms with Crippen LogP contribution in [0.15, 0.2) is 49.1 Å². The molecule has 96 valence electrons. The first-order chi connectivity index (χ1) is 9.24. The van der Waals surface area contributed by atoms with E-state index < -0.39 is 0 Å². The molecule has 3 aromatic heterocycles. The van der Waals surface area contributed by atoms with Crippen molar-refractivity contribution >= 4 is 17.0 Å². The Hall–Kier alpha value is -2.56. The molecule has 5 heteroatoms. The molecule has 0 bridgehead atoms. The number of fused-ring (bicyclic) bond motifs is 1. The molecular formula is C14H15N5. The second-order valence-electron chi connectivity index (χ2n) is 4.49. The molecule has 0 unspecified atom stereocenters. The van der Waals surface area contributed by atoms with Crippen LogP contribution >= 0.6 is 0 Å². The highest BCUT2D eigenvalue weighted by Crippen LogP contribution is 2.21. The normalized spacial score (nSPS) is 10.8. The summed E-state index contributed by atoms with van der Waals surface area (Å²) in [5.41, 5.74) is 9.52. The molecule has 0 spiro atoms. The van der Waals surface area contributed by atoms with Crippen LogP contribution < -0.4 is 10.6 Å². The molecule has 0 aliphatic heterocycles. The Bertz CT molecular complexity index is 671. The van der Waals surface area contributed by atoms with Crippen molar-refractivity contribution in [2.45, 2.75) is 6.54 Å². The lowest BCUT2D eigenvalue weighted by molar-refractivity contribution is 0.896. The minimum Gasteiger partial charge on any atom is -0.396 e. The van der Waals surface area contributed by atoms with Crippen molar-refractivity contribution in [2.24, 2.45) is 0 Å². The zero-order chi connectivity index (χ0) is 13.2. The maximum atomic E-state index is 5.92. The number of hydrogen-bond acceptors (Lipinski definition) is 4. The Kier molecular flexibility index (Phi) is 2.79. The summed E-state index contributed by atoms with van der Waals surface area (Å²) in [6.45, 7) is 0.704. The lowest BCUT2D eigenvalue weighted by Gasteiger charge is -2.19. The molecule has 0 fully saturated rings. The number of hydrogen-bond donors (Lipinski definition) is 1. The summed E-state index contributed by atoms with van der Waals surface area (Å²) >= 11 is 0. The van der Waals surface area contributed by atoms with Crippen LogP contribution in [-0.4, -0.2) is 21.4 Å². The Balaban J connectivity index is 1.86. The van der Waals surface area contributed by atoms with Crippen molar-refractivity contribution < 1.29 is 0 Å². The summed E-state index contributed by atoms with van der Waals surface area (Å²) in [6.07, 6.45) is 7.43. The van der Waals surface area contributed by atoms with Gasteiger partial charge in [0.1, 0.15) is 5.65 Å². The van der Waals surface area contributed by atoms with E-state index >= 15 is 0 Å². The van der Waals surface area contributed by atoms with Crippen molar-refractivity contribution in [1.29, 1.82) is 0 Å². The monoisotopic (exact) mass is 253 g/mol. The Morgan fingerprint density at radius 3 is 3.00 bits per heavy atom. The van der Waals surface area contributed by atoms with Gasteiger partial charge in [-0.3, -0.25) is 4.98 Å². The molecule has 0 aliphatic rings. The van der Waals surface area contributed by atoms with Crippen molar-refractivity contribution in [3.05, 3.63) is 54.7 Å². The van der Waals surface area contributed by atoms with Crippen molar-refractivity contribution in [1.82, 2.24) is 14.4 Å². The first-order valence-electron chi connectivity index (χ1n) is 6.07. The third kappa shape index (κ3) is 2.22. The van der Waals surface area contributed by atoms with Gasteiger partial charge in [-0.05, 0) is 18.2 Å². The van der Waals surface area contributed by atoms with Crippen molar-refractivity contribution in [3.63, 3.8) is 0 Å². The molecule has 0 saturated heterocycles. The molecule has 0 aromatic carbocycles. The highest BCUT2D eigenvalue weighted by atomic mass is 15.1. The van der Waals surface area contributed by atoms with Gasteiger partial charge in [-0.1, -0.05) is 6.07 Å². The van der Waals surface area contributed by atoms with E-state index in [1.54, 1.807) is 12.4 Å². The number of nitrogens with zero attached hydrogens (tertiary/aromatic N) is 4. The summed E-state index contributed by atoms with van der Waals surface area (Å²) in [6, 6.07) is 7.87. The summed E-state index contributed by atoms with van der Waals surface area (Å²) in [5, 5.41) is 0. The lowest BCUT2D eigenvalue weighted by Crippen LogP contribution is -2.18. The number of nitrogens with two attached hydrogens (primary N) is 1. The fourth-order valence-electron chi connectivity index (χ4n) is 2.14. The number of imidazole rings is 1. The summed E-state index contributed by atoms with van der Waals surface area (Å²) < 4.78 is 2.01. The second kappa shape index (κ2) is 4.61. The fourth-order valence-corrected chi connectivity index (χ4v) is 2.14. The predicted octanol–water partition coefficient (Wildman–Crippen LogP) is 1.95. The smallest absolute Gasteiger partial charge is 0.137 e. The van der Waals surface area contributed by atoms with Gasteiger partial charge >= 0.3 is 0 Å². The summed E-state index contributed by atoms with van der Waals surface area (Å²) in [4.78, 5) is 10.6. The molecule has 19 heavy (non-hydrogen) atoms. The molecule has 5 nitrogen and oxygen atoms in total. The molecule has 3 rings (SSSR count). The lowest BCUT2D eigenvalue weighted by atomic mass is 10.3. The van der Waals surface area contributed by atoms with Crippen LogP contribution in [0.4, 0.5) is 11.4 Å². The first-order valence-corrected chi connectivity index (χ1v) is 6.07. The molecule has 0 saturated carbocycles. The van der Waals surface area contributed by atoms with Crippen LogP contribution in [-0.2, 0) is 6.54 Å². The van der Waals surface area contributed by atoms with Gasteiger partial charge in [-0.15, -0.1) is 0 Å². The molecular weight excluding hydrogens is 238 g/mol. The van der Waals surface area contributed by atoms with Gasteiger partial charge in [0.15, 0.2) is 0 Å². The van der Waals surface area contributed by atoms with Gasteiger partial charge in [-0.2, -0.15) is 0 Å². The van der Waals surface area contributed by atoms with E-state index in [2.05, 4.69) is 14.9 Å². The Labute approximate surface area is 111 Å². The van der Waals surface area contributed by atoms with Gasteiger partial charge in [-0.25, -0.2) is 4.98 Å². The highest BCUT2D eigenvalue weighted by molar-refractivity contribution is 5.65. The molecule has 0 amide bonds. The van der Waals surface area contributed by atoms with Crippen LogP contribution in [0.2, 0.25) is 0 Å². The fraction of sp³-hybridized carbons (Fsp3) is 0.143. The maximum Gasteiger partial charge on any atom is 0.137 e. The van der Waals surface area contributed by atoms with E-state index in [1.165, 1.54) is 0 Å². The largest absolute Gasteiger partial charge is 0.396 e. The van der Waals surface area contributed by atoms with E-state index in [1.807, 2.05) is 48.1 Å². The predicted molar refractivity (Wildman–Crippen MR) is 75.9 cm³/mol. The quantitative estimate of drug-likeness (QED) is 0.775. The number of anilines is 2. The third-order valence-electron chi connectivity index (χ3n) is 3.05. The van der Waals surface area contributed by atoms with Crippen molar-refractivity contribution in [2.75, 3.05) is 17.7 Å². The van der Waals surface area contributed by atoms with E-state index in [0.717, 1.165) is 17.0 Å². The van der Waals surface area contributed by atoms with E-state index in [4.69, 9.17) is 5.73 Å². The zero-order valence-corrected chi connectivity index (χ0v) is 10.7. The molecule has 0 atom stereocenters. The van der Waals surface area contributed by atoms with Crippen molar-refractivity contribution in [3.8, 4) is 0 Å². The topological polar surface area (TPSA) is 59.5 Å². The van der Waals surface area contributed by atoms with Gasteiger partial charge in [0.05, 0.1) is 29.8 Å². The Morgan fingerprint density at radius 2 is 2.21 bits per heavy atom. The highest BCUT2D eigenvalue weighted by Gasteiger charge is 2.08. The standard InChI is InChI=1S/C14H15N5/c1-18(13-5-6-16-8-12(13)15)9-11-10-19-7-3-2-4-14(19)17-11/h2-8,10H,9,15H2,1H3. The number of rotatable bonds is 3. The van der Waals surface area contributed by atoms with Crippen LogP contribution in [0, 0.1) is 0 Å². The maximum absolute atomic E-state index is 5.92. The zero-order valence-electron chi connectivity index (χ0n) is 10.7. The minimum atomic E-state index is 0.675. The first kappa shape index (κ1) is 11.5. The average molecular weight is 253 g/mol.